The van der Waals surface area contributed by atoms with Gasteiger partial charge in [-0.15, -0.1) is 0 Å². The monoisotopic (exact) mass is 339 g/mol. The zero-order valence-corrected chi connectivity index (χ0v) is 14.0. The van der Waals surface area contributed by atoms with E-state index in [-0.39, 0.29) is 17.5 Å². The highest BCUT2D eigenvalue weighted by Crippen LogP contribution is 2.26. The van der Waals surface area contributed by atoms with Crippen molar-refractivity contribution in [3.63, 3.8) is 0 Å². The third-order valence-corrected chi connectivity index (χ3v) is 5.32. The average Bonchev–Trinajstić information content (AvgIpc) is 3.30. The molecule has 6 nitrogen and oxygen atoms in total. The molecule has 0 unspecified atom stereocenters. The highest BCUT2D eigenvalue weighted by atomic mass is 16.4. The summed E-state index contributed by atoms with van der Waals surface area (Å²) in [6.45, 7) is 1.34. The first kappa shape index (κ1) is 15.9. The molecule has 0 bridgehead atoms. The van der Waals surface area contributed by atoms with Crippen LogP contribution in [-0.2, 0) is 12.8 Å². The van der Waals surface area contributed by atoms with Crippen molar-refractivity contribution >= 4 is 11.9 Å². The van der Waals surface area contributed by atoms with Crippen LogP contribution in [0, 0.1) is 0 Å². The summed E-state index contributed by atoms with van der Waals surface area (Å²) in [4.78, 5) is 25.6. The second-order valence-electron chi connectivity index (χ2n) is 6.87. The second-order valence-corrected chi connectivity index (χ2v) is 6.87. The third kappa shape index (κ3) is 3.04. The molecule has 6 heteroatoms. The minimum absolute atomic E-state index is 0.0971. The standard InChI is InChI=1S/C19H21N3O3/c23-18(15-5-4-13-2-1-3-14(13)10-15)21-8-6-17(7-9-21)22-12-16(11-20-22)19(24)25/h4-5,10-12,17H,1-3,6-9H2,(H,24,25). The Labute approximate surface area is 146 Å². The van der Waals surface area contributed by atoms with Gasteiger partial charge in [0.1, 0.15) is 0 Å². The molecular weight excluding hydrogens is 318 g/mol. The quantitative estimate of drug-likeness (QED) is 0.932. The Balaban J connectivity index is 1.41. The number of carbonyl (C=O) groups excluding carboxylic acids is 1. The average molecular weight is 339 g/mol. The molecule has 0 atom stereocenters. The zero-order valence-electron chi connectivity index (χ0n) is 14.0. The highest BCUT2D eigenvalue weighted by Gasteiger charge is 2.26. The fourth-order valence-electron chi connectivity index (χ4n) is 3.87. The number of piperidine rings is 1. The molecule has 1 fully saturated rings. The number of amides is 1. The van der Waals surface area contributed by atoms with Gasteiger partial charge in [0.25, 0.3) is 5.91 Å². The van der Waals surface area contributed by atoms with Crippen LogP contribution in [0.3, 0.4) is 0 Å². The molecule has 4 rings (SSSR count). The van der Waals surface area contributed by atoms with E-state index in [1.165, 1.54) is 23.7 Å². The lowest BCUT2D eigenvalue weighted by molar-refractivity contribution is 0.0688. The molecule has 2 heterocycles. The fourth-order valence-corrected chi connectivity index (χ4v) is 3.87. The van der Waals surface area contributed by atoms with E-state index in [4.69, 9.17) is 5.11 Å². The minimum atomic E-state index is -0.963. The van der Waals surface area contributed by atoms with E-state index in [9.17, 15) is 9.59 Å². The lowest BCUT2D eigenvalue weighted by atomic mass is 10.0. The van der Waals surface area contributed by atoms with E-state index in [1.54, 1.807) is 10.9 Å². The Morgan fingerprint density at radius 3 is 2.56 bits per heavy atom. The number of carboxylic acid groups (broad SMARTS) is 1. The maximum Gasteiger partial charge on any atom is 0.338 e. The van der Waals surface area contributed by atoms with Gasteiger partial charge in [0.15, 0.2) is 0 Å². The number of rotatable bonds is 3. The number of hydrogen-bond acceptors (Lipinski definition) is 3. The number of aromatic nitrogens is 2. The summed E-state index contributed by atoms with van der Waals surface area (Å²) in [6.07, 6.45) is 7.91. The van der Waals surface area contributed by atoms with Crippen LogP contribution in [0.1, 0.15) is 57.1 Å². The predicted octanol–water partition coefficient (Wildman–Crippen LogP) is 2.55. The first-order valence-corrected chi connectivity index (χ1v) is 8.80. The van der Waals surface area contributed by atoms with Crippen LogP contribution in [-0.4, -0.2) is 44.8 Å². The predicted molar refractivity (Wildman–Crippen MR) is 91.8 cm³/mol. The van der Waals surface area contributed by atoms with Gasteiger partial charge in [-0.25, -0.2) is 4.79 Å². The number of carboxylic acids is 1. The number of carbonyl (C=O) groups is 2. The van der Waals surface area contributed by atoms with Crippen molar-refractivity contribution in [3.8, 4) is 0 Å². The molecule has 2 aromatic rings. The van der Waals surface area contributed by atoms with E-state index in [0.29, 0.717) is 13.1 Å². The summed E-state index contributed by atoms with van der Waals surface area (Å²) in [5.74, 6) is -0.865. The van der Waals surface area contributed by atoms with Crippen molar-refractivity contribution in [3.05, 3.63) is 52.8 Å². The maximum absolute atomic E-state index is 12.8. The molecule has 0 saturated carbocycles. The molecule has 1 saturated heterocycles. The first-order valence-electron chi connectivity index (χ1n) is 8.80. The van der Waals surface area contributed by atoms with Gasteiger partial charge in [-0.05, 0) is 55.4 Å². The van der Waals surface area contributed by atoms with Gasteiger partial charge in [-0.3, -0.25) is 9.48 Å². The smallest absolute Gasteiger partial charge is 0.338 e. The highest BCUT2D eigenvalue weighted by molar-refractivity contribution is 5.94. The molecule has 1 aliphatic carbocycles. The number of nitrogens with zero attached hydrogens (tertiary/aromatic N) is 3. The van der Waals surface area contributed by atoms with Crippen LogP contribution in [0.4, 0.5) is 0 Å². The topological polar surface area (TPSA) is 75.4 Å². The lowest BCUT2D eigenvalue weighted by Crippen LogP contribution is -2.39. The number of benzene rings is 1. The minimum Gasteiger partial charge on any atom is -0.478 e. The number of likely N-dealkylation sites (tertiary alicyclic amines) is 1. The van der Waals surface area contributed by atoms with Crippen LogP contribution in [0.2, 0.25) is 0 Å². The Hall–Kier alpha value is -2.63. The lowest BCUT2D eigenvalue weighted by Gasteiger charge is -2.32. The second kappa shape index (κ2) is 6.35. The Morgan fingerprint density at radius 2 is 1.84 bits per heavy atom. The summed E-state index contributed by atoms with van der Waals surface area (Å²) in [5, 5.41) is 13.2. The molecule has 0 spiro atoms. The summed E-state index contributed by atoms with van der Waals surface area (Å²) >= 11 is 0. The van der Waals surface area contributed by atoms with Gasteiger partial charge in [-0.1, -0.05) is 6.07 Å². The van der Waals surface area contributed by atoms with E-state index in [2.05, 4.69) is 17.2 Å². The van der Waals surface area contributed by atoms with Crippen molar-refractivity contribution < 1.29 is 14.7 Å². The van der Waals surface area contributed by atoms with Crippen molar-refractivity contribution in [2.24, 2.45) is 0 Å². The van der Waals surface area contributed by atoms with Gasteiger partial charge in [-0.2, -0.15) is 5.10 Å². The molecule has 1 aliphatic heterocycles. The van der Waals surface area contributed by atoms with Gasteiger partial charge in [0.05, 0.1) is 17.8 Å². The molecule has 0 radical (unpaired) electrons. The summed E-state index contributed by atoms with van der Waals surface area (Å²) in [7, 11) is 0. The molecule has 130 valence electrons. The largest absolute Gasteiger partial charge is 0.478 e. The van der Waals surface area contributed by atoms with E-state index in [1.807, 2.05) is 11.0 Å². The summed E-state index contributed by atoms with van der Waals surface area (Å²) in [6, 6.07) is 6.26. The normalized spacial score (nSPS) is 17.5. The third-order valence-electron chi connectivity index (χ3n) is 5.32. The van der Waals surface area contributed by atoms with Gasteiger partial charge >= 0.3 is 5.97 Å². The van der Waals surface area contributed by atoms with E-state index < -0.39 is 5.97 Å². The van der Waals surface area contributed by atoms with E-state index >= 15 is 0 Å². The Kier molecular flexibility index (Phi) is 4.03. The molecule has 1 aromatic heterocycles. The Morgan fingerprint density at radius 1 is 1.08 bits per heavy atom. The van der Waals surface area contributed by atoms with E-state index in [0.717, 1.165) is 31.2 Å². The molecular formula is C19H21N3O3. The number of aryl methyl sites for hydroxylation is 2. The number of hydrogen-bond donors (Lipinski definition) is 1. The van der Waals surface area contributed by atoms with Crippen LogP contribution < -0.4 is 0 Å². The number of aromatic carboxylic acids is 1. The van der Waals surface area contributed by atoms with Crippen molar-refractivity contribution in [2.75, 3.05) is 13.1 Å². The molecule has 1 N–H and O–H groups in total. The molecule has 2 aliphatic rings. The zero-order chi connectivity index (χ0) is 17.4. The van der Waals surface area contributed by atoms with Gasteiger partial charge in [0, 0.05) is 24.8 Å². The van der Waals surface area contributed by atoms with Gasteiger partial charge in [0.2, 0.25) is 0 Å². The van der Waals surface area contributed by atoms with Crippen molar-refractivity contribution in [1.29, 1.82) is 0 Å². The van der Waals surface area contributed by atoms with Crippen molar-refractivity contribution in [2.45, 2.75) is 38.1 Å². The van der Waals surface area contributed by atoms with Crippen LogP contribution in [0.25, 0.3) is 0 Å². The first-order chi connectivity index (χ1) is 12.1. The van der Waals surface area contributed by atoms with Crippen molar-refractivity contribution in [1.82, 2.24) is 14.7 Å². The summed E-state index contributed by atoms with van der Waals surface area (Å²) in [5.41, 5.74) is 3.68. The Bertz CT molecular complexity index is 819. The SMILES string of the molecule is O=C(O)c1cnn(C2CCN(C(=O)c3ccc4c(c3)CCC4)CC2)c1. The fraction of sp³-hybridized carbons (Fsp3) is 0.421. The number of fused-ring (bicyclic) bond motifs is 1. The molecule has 1 amide bonds. The maximum atomic E-state index is 12.8. The van der Waals surface area contributed by atoms with Crippen LogP contribution >= 0.6 is 0 Å². The molecule has 25 heavy (non-hydrogen) atoms. The van der Waals surface area contributed by atoms with Gasteiger partial charge < -0.3 is 10.0 Å². The van der Waals surface area contributed by atoms with Crippen LogP contribution in [0.15, 0.2) is 30.6 Å². The van der Waals surface area contributed by atoms with Crippen LogP contribution in [0.5, 0.6) is 0 Å². The summed E-state index contributed by atoms with van der Waals surface area (Å²) < 4.78 is 1.72. The molecule has 1 aromatic carbocycles.